The number of carbonyl (C=O) groups is 2. The van der Waals surface area contributed by atoms with Crippen LogP contribution in [0.25, 0.3) is 0 Å². The van der Waals surface area contributed by atoms with Crippen LogP contribution in [0.5, 0.6) is 0 Å². The number of urea groups is 1. The van der Waals surface area contributed by atoms with Crippen LogP contribution in [0.15, 0.2) is 24.3 Å². The van der Waals surface area contributed by atoms with Crippen LogP contribution in [0.2, 0.25) is 0 Å². The lowest BCUT2D eigenvalue weighted by Gasteiger charge is -2.36. The number of carbonyl (C=O) groups excluding carboxylic acids is 2. The average Bonchev–Trinajstić information content (AvgIpc) is 2.65. The van der Waals surface area contributed by atoms with Crippen LogP contribution >= 0.6 is 0 Å². The predicted octanol–water partition coefficient (Wildman–Crippen LogP) is 0.506. The van der Waals surface area contributed by atoms with Gasteiger partial charge in [0.05, 0.1) is 6.54 Å². The number of rotatable bonds is 6. The van der Waals surface area contributed by atoms with Gasteiger partial charge in [0, 0.05) is 52.4 Å². The quantitative estimate of drug-likeness (QED) is 0.713. The highest BCUT2D eigenvalue weighted by Gasteiger charge is 2.25. The highest BCUT2D eigenvalue weighted by Crippen LogP contribution is 2.22. The van der Waals surface area contributed by atoms with E-state index in [1.807, 2.05) is 7.05 Å². The molecule has 0 saturated carbocycles. The van der Waals surface area contributed by atoms with E-state index in [-0.39, 0.29) is 11.9 Å². The summed E-state index contributed by atoms with van der Waals surface area (Å²) < 4.78 is 0. The van der Waals surface area contributed by atoms with Crippen LogP contribution < -0.4 is 10.6 Å². The summed E-state index contributed by atoms with van der Waals surface area (Å²) in [6.07, 6.45) is 1.82. The zero-order valence-electron chi connectivity index (χ0n) is 16.4. The molecule has 0 aromatic heterocycles. The summed E-state index contributed by atoms with van der Waals surface area (Å²) in [5, 5.41) is 5.82. The molecule has 1 fully saturated rings. The van der Waals surface area contributed by atoms with E-state index in [4.69, 9.17) is 0 Å². The van der Waals surface area contributed by atoms with Crippen molar-refractivity contribution in [2.75, 3.05) is 53.4 Å². The molecule has 1 atom stereocenters. The molecule has 1 saturated heterocycles. The van der Waals surface area contributed by atoms with Crippen molar-refractivity contribution < 1.29 is 9.59 Å². The SMILES string of the molecule is CN(C[C@@H]1Cc2ccccc2CN1C)C(=O)NCCCN1CCNC(=O)C1. The maximum atomic E-state index is 12.4. The van der Waals surface area contributed by atoms with E-state index < -0.39 is 0 Å². The standard InChI is InChI=1S/C20H31N5O2/c1-23-13-17-7-4-3-6-16(17)12-18(23)14-24(2)20(27)22-8-5-10-25-11-9-21-19(26)15-25/h3-4,6-7,18H,5,8-15H2,1-2H3,(H,21,26)(H,22,27)/t18-/m0/s1. The molecule has 7 nitrogen and oxygen atoms in total. The van der Waals surface area contributed by atoms with Crippen molar-refractivity contribution in [2.45, 2.75) is 25.4 Å². The number of fused-ring (bicyclic) bond motifs is 1. The third-order valence-corrected chi connectivity index (χ3v) is 5.49. The van der Waals surface area contributed by atoms with Crippen LogP contribution in [0.3, 0.4) is 0 Å². The maximum Gasteiger partial charge on any atom is 0.317 e. The van der Waals surface area contributed by atoms with Crippen LogP contribution in [0.1, 0.15) is 17.5 Å². The van der Waals surface area contributed by atoms with Gasteiger partial charge in [-0.2, -0.15) is 0 Å². The van der Waals surface area contributed by atoms with E-state index in [2.05, 4.69) is 51.7 Å². The van der Waals surface area contributed by atoms with Gasteiger partial charge in [0.1, 0.15) is 0 Å². The number of benzene rings is 1. The summed E-state index contributed by atoms with van der Waals surface area (Å²) in [7, 11) is 3.99. The van der Waals surface area contributed by atoms with Crippen LogP contribution in [-0.2, 0) is 17.8 Å². The minimum atomic E-state index is -0.0290. The van der Waals surface area contributed by atoms with Crippen molar-refractivity contribution in [1.29, 1.82) is 0 Å². The monoisotopic (exact) mass is 373 g/mol. The Morgan fingerprint density at radius 1 is 1.30 bits per heavy atom. The molecule has 2 aliphatic rings. The van der Waals surface area contributed by atoms with Crippen molar-refractivity contribution in [3.05, 3.63) is 35.4 Å². The second-order valence-corrected chi connectivity index (χ2v) is 7.63. The number of likely N-dealkylation sites (N-methyl/N-ethyl adjacent to an activating group) is 2. The van der Waals surface area contributed by atoms with E-state index in [9.17, 15) is 9.59 Å². The smallest absolute Gasteiger partial charge is 0.317 e. The van der Waals surface area contributed by atoms with E-state index in [0.717, 1.165) is 32.5 Å². The Bertz CT molecular complexity index is 666. The normalized spacial score (nSPS) is 20.7. The largest absolute Gasteiger partial charge is 0.354 e. The lowest BCUT2D eigenvalue weighted by Crippen LogP contribution is -2.49. The molecule has 148 valence electrons. The molecule has 3 amide bonds. The van der Waals surface area contributed by atoms with E-state index in [1.165, 1.54) is 11.1 Å². The first kappa shape index (κ1) is 19.6. The zero-order chi connectivity index (χ0) is 19.2. The third kappa shape index (κ3) is 5.43. The summed E-state index contributed by atoms with van der Waals surface area (Å²) in [4.78, 5) is 30.0. The highest BCUT2D eigenvalue weighted by molar-refractivity contribution is 5.78. The Kier molecular flexibility index (Phi) is 6.68. The maximum absolute atomic E-state index is 12.4. The Hall–Kier alpha value is -2.12. The summed E-state index contributed by atoms with van der Waals surface area (Å²) >= 11 is 0. The van der Waals surface area contributed by atoms with Crippen molar-refractivity contribution >= 4 is 11.9 Å². The van der Waals surface area contributed by atoms with E-state index in [0.29, 0.717) is 32.2 Å². The van der Waals surface area contributed by atoms with Gasteiger partial charge in [-0.05, 0) is 31.0 Å². The molecule has 1 aromatic carbocycles. The van der Waals surface area contributed by atoms with Crippen molar-refractivity contribution in [2.24, 2.45) is 0 Å². The molecule has 2 N–H and O–H groups in total. The molecule has 7 heteroatoms. The number of hydrogen-bond acceptors (Lipinski definition) is 4. The highest BCUT2D eigenvalue weighted by atomic mass is 16.2. The first-order valence-electron chi connectivity index (χ1n) is 9.78. The van der Waals surface area contributed by atoms with Crippen molar-refractivity contribution in [3.8, 4) is 0 Å². The number of piperazine rings is 1. The lowest BCUT2D eigenvalue weighted by molar-refractivity contribution is -0.124. The summed E-state index contributed by atoms with van der Waals surface area (Å²) in [5.74, 6) is 0.0863. The molecule has 27 heavy (non-hydrogen) atoms. The Labute approximate surface area is 161 Å². The second kappa shape index (κ2) is 9.19. The summed E-state index contributed by atoms with van der Waals surface area (Å²) in [6.45, 7) is 5.16. The van der Waals surface area contributed by atoms with Gasteiger partial charge in [-0.3, -0.25) is 14.6 Å². The third-order valence-electron chi connectivity index (χ3n) is 5.49. The fraction of sp³-hybridized carbons (Fsp3) is 0.600. The zero-order valence-corrected chi connectivity index (χ0v) is 16.4. The fourth-order valence-corrected chi connectivity index (χ4v) is 3.84. The minimum absolute atomic E-state index is 0.0290. The topological polar surface area (TPSA) is 67.9 Å². The number of nitrogens with zero attached hydrogens (tertiary/aromatic N) is 3. The molecular weight excluding hydrogens is 342 g/mol. The second-order valence-electron chi connectivity index (χ2n) is 7.63. The van der Waals surface area contributed by atoms with Gasteiger partial charge in [-0.1, -0.05) is 24.3 Å². The van der Waals surface area contributed by atoms with Crippen LogP contribution in [0.4, 0.5) is 4.79 Å². The summed E-state index contributed by atoms with van der Waals surface area (Å²) in [5.41, 5.74) is 2.77. The molecule has 3 rings (SSSR count). The van der Waals surface area contributed by atoms with Gasteiger partial charge in [0.15, 0.2) is 0 Å². The molecule has 0 radical (unpaired) electrons. The van der Waals surface area contributed by atoms with Crippen LogP contribution in [-0.4, -0.2) is 86.0 Å². The average molecular weight is 374 g/mol. The number of amides is 3. The molecule has 0 spiro atoms. The predicted molar refractivity (Wildman–Crippen MR) is 105 cm³/mol. The molecule has 2 aliphatic heterocycles. The fourth-order valence-electron chi connectivity index (χ4n) is 3.84. The molecular formula is C20H31N5O2. The van der Waals surface area contributed by atoms with Gasteiger partial charge in [-0.25, -0.2) is 4.79 Å². The van der Waals surface area contributed by atoms with Gasteiger partial charge in [0.25, 0.3) is 0 Å². The van der Waals surface area contributed by atoms with Crippen molar-refractivity contribution in [1.82, 2.24) is 25.3 Å². The Morgan fingerprint density at radius 3 is 2.85 bits per heavy atom. The molecule has 0 bridgehead atoms. The van der Waals surface area contributed by atoms with Gasteiger partial charge >= 0.3 is 6.03 Å². The lowest BCUT2D eigenvalue weighted by atomic mass is 9.94. The van der Waals surface area contributed by atoms with Gasteiger partial charge in [-0.15, -0.1) is 0 Å². The molecule has 0 unspecified atom stereocenters. The summed E-state index contributed by atoms with van der Waals surface area (Å²) in [6, 6.07) is 8.86. The number of nitrogens with one attached hydrogen (secondary N) is 2. The van der Waals surface area contributed by atoms with Gasteiger partial charge < -0.3 is 15.5 Å². The number of hydrogen-bond donors (Lipinski definition) is 2. The molecule has 1 aromatic rings. The molecule has 0 aliphatic carbocycles. The first-order chi connectivity index (χ1) is 13.0. The van der Waals surface area contributed by atoms with E-state index in [1.54, 1.807) is 4.90 Å². The van der Waals surface area contributed by atoms with E-state index >= 15 is 0 Å². The first-order valence-corrected chi connectivity index (χ1v) is 9.78. The Balaban J connectivity index is 1.38. The van der Waals surface area contributed by atoms with Crippen molar-refractivity contribution in [3.63, 3.8) is 0 Å². The van der Waals surface area contributed by atoms with Gasteiger partial charge in [0.2, 0.25) is 5.91 Å². The van der Waals surface area contributed by atoms with Crippen LogP contribution in [0, 0.1) is 0 Å². The Morgan fingerprint density at radius 2 is 2.07 bits per heavy atom. The minimum Gasteiger partial charge on any atom is -0.354 e. The molecule has 2 heterocycles.